The van der Waals surface area contributed by atoms with Gasteiger partial charge in [-0.3, -0.25) is 4.90 Å². The Labute approximate surface area is 74.6 Å². The third kappa shape index (κ3) is 1.96. The Bertz CT molecular complexity index is 173. The van der Waals surface area contributed by atoms with Crippen molar-refractivity contribution in [1.82, 2.24) is 9.80 Å². The van der Waals surface area contributed by atoms with Crippen molar-refractivity contribution in [1.29, 1.82) is 5.26 Å². The van der Waals surface area contributed by atoms with E-state index in [4.69, 9.17) is 5.26 Å². The summed E-state index contributed by atoms with van der Waals surface area (Å²) in [4.78, 5) is 4.59. The molecule has 1 heterocycles. The number of piperazine rings is 1. The van der Waals surface area contributed by atoms with Gasteiger partial charge in [0.05, 0.1) is 12.6 Å². The summed E-state index contributed by atoms with van der Waals surface area (Å²) < 4.78 is 0. The average molecular weight is 167 g/mol. The van der Waals surface area contributed by atoms with Crippen LogP contribution in [0.2, 0.25) is 0 Å². The van der Waals surface area contributed by atoms with Crippen LogP contribution in [0.4, 0.5) is 0 Å². The molecule has 3 heteroatoms. The summed E-state index contributed by atoms with van der Waals surface area (Å²) in [6, 6.07) is 3.25. The normalized spacial score (nSPS) is 33.2. The fraction of sp³-hybridized carbons (Fsp3) is 0.889. The van der Waals surface area contributed by atoms with E-state index in [1.807, 2.05) is 0 Å². The first-order valence-electron chi connectivity index (χ1n) is 4.46. The summed E-state index contributed by atoms with van der Waals surface area (Å²) in [5, 5.41) is 8.61. The van der Waals surface area contributed by atoms with Crippen LogP contribution in [0.1, 0.15) is 13.8 Å². The third-order valence-electron chi connectivity index (χ3n) is 2.54. The van der Waals surface area contributed by atoms with Gasteiger partial charge in [0.15, 0.2) is 0 Å². The molecule has 0 aliphatic carbocycles. The fourth-order valence-electron chi connectivity index (χ4n) is 2.01. The molecule has 2 atom stereocenters. The Morgan fingerprint density at radius 1 is 1.33 bits per heavy atom. The zero-order chi connectivity index (χ0) is 9.14. The summed E-state index contributed by atoms with van der Waals surface area (Å²) in [6.45, 7) is 7.08. The predicted molar refractivity (Wildman–Crippen MR) is 48.7 cm³/mol. The lowest BCUT2D eigenvalue weighted by Gasteiger charge is -2.41. The second-order valence-electron chi connectivity index (χ2n) is 3.75. The van der Waals surface area contributed by atoms with Crippen LogP contribution < -0.4 is 0 Å². The summed E-state index contributed by atoms with van der Waals surface area (Å²) >= 11 is 0. The minimum Gasteiger partial charge on any atom is -0.303 e. The standard InChI is InChI=1S/C9H17N3/c1-8-6-11(3)7-9(2)12(8)5-4-10/h8-9H,5-7H2,1-3H3. The molecule has 2 unspecified atom stereocenters. The molecule has 0 aromatic rings. The van der Waals surface area contributed by atoms with E-state index < -0.39 is 0 Å². The van der Waals surface area contributed by atoms with E-state index in [0.29, 0.717) is 18.6 Å². The number of nitrogens with zero attached hydrogens (tertiary/aromatic N) is 3. The molecule has 1 aliphatic heterocycles. The molecule has 1 aliphatic rings. The van der Waals surface area contributed by atoms with E-state index in [1.54, 1.807) is 0 Å². The summed E-state index contributed by atoms with van der Waals surface area (Å²) in [6.07, 6.45) is 0. The highest BCUT2D eigenvalue weighted by Gasteiger charge is 2.26. The average Bonchev–Trinajstić information content (AvgIpc) is 1.96. The first-order valence-corrected chi connectivity index (χ1v) is 4.46. The molecular formula is C9H17N3. The van der Waals surface area contributed by atoms with Crippen molar-refractivity contribution < 1.29 is 0 Å². The van der Waals surface area contributed by atoms with Crippen molar-refractivity contribution in [2.24, 2.45) is 0 Å². The Balaban J connectivity index is 2.55. The van der Waals surface area contributed by atoms with Crippen LogP contribution in [-0.4, -0.2) is 48.6 Å². The van der Waals surface area contributed by atoms with Crippen LogP contribution in [0.5, 0.6) is 0 Å². The van der Waals surface area contributed by atoms with Crippen LogP contribution in [0.3, 0.4) is 0 Å². The first kappa shape index (κ1) is 9.50. The SMILES string of the molecule is CC1CN(C)CC(C)N1CC#N. The molecule has 1 fully saturated rings. The molecule has 0 spiro atoms. The maximum atomic E-state index is 8.61. The van der Waals surface area contributed by atoms with Gasteiger partial charge in [-0.2, -0.15) is 5.26 Å². The molecule has 0 amide bonds. The number of likely N-dealkylation sites (N-methyl/N-ethyl adjacent to an activating group) is 1. The van der Waals surface area contributed by atoms with Gasteiger partial charge in [0, 0.05) is 25.2 Å². The second kappa shape index (κ2) is 3.88. The monoisotopic (exact) mass is 167 g/mol. The zero-order valence-corrected chi connectivity index (χ0v) is 8.12. The van der Waals surface area contributed by atoms with E-state index in [-0.39, 0.29) is 0 Å². The summed E-state index contributed by atoms with van der Waals surface area (Å²) in [5.41, 5.74) is 0. The molecule has 0 N–H and O–H groups in total. The van der Waals surface area contributed by atoms with Gasteiger partial charge in [-0.15, -0.1) is 0 Å². The molecule has 68 valence electrons. The lowest BCUT2D eigenvalue weighted by atomic mass is 10.1. The lowest BCUT2D eigenvalue weighted by molar-refractivity contribution is 0.0642. The Hall–Kier alpha value is -0.590. The van der Waals surface area contributed by atoms with Crippen molar-refractivity contribution in [2.45, 2.75) is 25.9 Å². The molecule has 1 saturated heterocycles. The highest BCUT2D eigenvalue weighted by molar-refractivity contribution is 4.89. The van der Waals surface area contributed by atoms with Crippen molar-refractivity contribution >= 4 is 0 Å². The van der Waals surface area contributed by atoms with Gasteiger partial charge >= 0.3 is 0 Å². The molecule has 3 nitrogen and oxygen atoms in total. The fourth-order valence-corrected chi connectivity index (χ4v) is 2.01. The Morgan fingerprint density at radius 2 is 1.83 bits per heavy atom. The maximum absolute atomic E-state index is 8.61. The van der Waals surface area contributed by atoms with Gasteiger partial charge in [0.1, 0.15) is 0 Å². The summed E-state index contributed by atoms with van der Waals surface area (Å²) in [7, 11) is 2.14. The van der Waals surface area contributed by atoms with Gasteiger partial charge in [0.25, 0.3) is 0 Å². The molecular weight excluding hydrogens is 150 g/mol. The molecule has 12 heavy (non-hydrogen) atoms. The van der Waals surface area contributed by atoms with Crippen molar-refractivity contribution in [3.05, 3.63) is 0 Å². The van der Waals surface area contributed by atoms with Crippen LogP contribution >= 0.6 is 0 Å². The smallest absolute Gasteiger partial charge is 0.0871 e. The van der Waals surface area contributed by atoms with Crippen LogP contribution in [0.15, 0.2) is 0 Å². The number of nitriles is 1. The molecule has 0 bridgehead atoms. The quantitative estimate of drug-likeness (QED) is 0.534. The number of hydrogen-bond donors (Lipinski definition) is 0. The van der Waals surface area contributed by atoms with E-state index in [0.717, 1.165) is 13.1 Å². The predicted octanol–water partition coefficient (Wildman–Crippen LogP) is 0.534. The van der Waals surface area contributed by atoms with E-state index in [2.05, 4.69) is 36.8 Å². The Kier molecular flexibility index (Phi) is 3.07. The molecule has 0 aromatic carbocycles. The summed E-state index contributed by atoms with van der Waals surface area (Å²) in [5.74, 6) is 0. The third-order valence-corrected chi connectivity index (χ3v) is 2.54. The molecule has 0 radical (unpaired) electrons. The zero-order valence-electron chi connectivity index (χ0n) is 8.12. The number of hydrogen-bond acceptors (Lipinski definition) is 3. The maximum Gasteiger partial charge on any atom is 0.0871 e. The van der Waals surface area contributed by atoms with Crippen molar-refractivity contribution in [3.63, 3.8) is 0 Å². The largest absolute Gasteiger partial charge is 0.303 e. The highest BCUT2D eigenvalue weighted by atomic mass is 15.3. The van der Waals surface area contributed by atoms with Gasteiger partial charge in [-0.25, -0.2) is 0 Å². The van der Waals surface area contributed by atoms with Gasteiger partial charge in [0.2, 0.25) is 0 Å². The van der Waals surface area contributed by atoms with Crippen molar-refractivity contribution in [3.8, 4) is 6.07 Å². The van der Waals surface area contributed by atoms with E-state index in [1.165, 1.54) is 0 Å². The molecule has 1 rings (SSSR count). The van der Waals surface area contributed by atoms with Crippen LogP contribution in [0, 0.1) is 11.3 Å². The minimum atomic E-state index is 0.512. The lowest BCUT2D eigenvalue weighted by Crippen LogP contribution is -2.55. The molecule has 0 saturated carbocycles. The molecule has 0 aromatic heterocycles. The highest BCUT2D eigenvalue weighted by Crippen LogP contribution is 2.12. The van der Waals surface area contributed by atoms with Crippen LogP contribution in [-0.2, 0) is 0 Å². The van der Waals surface area contributed by atoms with Gasteiger partial charge < -0.3 is 4.90 Å². The first-order chi connectivity index (χ1) is 5.65. The van der Waals surface area contributed by atoms with Gasteiger partial charge in [-0.05, 0) is 20.9 Å². The second-order valence-corrected chi connectivity index (χ2v) is 3.75. The topological polar surface area (TPSA) is 30.3 Å². The minimum absolute atomic E-state index is 0.512. The van der Waals surface area contributed by atoms with E-state index >= 15 is 0 Å². The van der Waals surface area contributed by atoms with Crippen molar-refractivity contribution in [2.75, 3.05) is 26.7 Å². The Morgan fingerprint density at radius 3 is 2.25 bits per heavy atom. The van der Waals surface area contributed by atoms with Gasteiger partial charge in [-0.1, -0.05) is 0 Å². The van der Waals surface area contributed by atoms with E-state index in [9.17, 15) is 0 Å². The van der Waals surface area contributed by atoms with Crippen LogP contribution in [0.25, 0.3) is 0 Å². The number of rotatable bonds is 1.